The Labute approximate surface area is 123 Å². The topological polar surface area (TPSA) is 23.5 Å². The SMILES string of the molecule is CCC(C)(C(O)c1ccc(C)c(C)c1)N1CCCCC1. The van der Waals surface area contributed by atoms with Crippen molar-refractivity contribution in [2.45, 2.75) is 65.0 Å². The lowest BCUT2D eigenvalue weighted by Gasteiger charge is -2.46. The van der Waals surface area contributed by atoms with Crippen LogP contribution in [0.4, 0.5) is 0 Å². The van der Waals surface area contributed by atoms with Crippen LogP contribution in [0.1, 0.15) is 62.3 Å². The van der Waals surface area contributed by atoms with Crippen LogP contribution in [0.3, 0.4) is 0 Å². The Hall–Kier alpha value is -0.860. The van der Waals surface area contributed by atoms with E-state index in [1.54, 1.807) is 0 Å². The van der Waals surface area contributed by atoms with Crippen LogP contribution in [-0.4, -0.2) is 28.6 Å². The van der Waals surface area contributed by atoms with Gasteiger partial charge >= 0.3 is 0 Å². The summed E-state index contributed by atoms with van der Waals surface area (Å²) in [6.07, 6.45) is 4.41. The van der Waals surface area contributed by atoms with Gasteiger partial charge in [0.2, 0.25) is 0 Å². The highest BCUT2D eigenvalue weighted by atomic mass is 16.3. The minimum absolute atomic E-state index is 0.151. The van der Waals surface area contributed by atoms with Crippen molar-refractivity contribution < 1.29 is 5.11 Å². The number of rotatable bonds is 4. The molecule has 20 heavy (non-hydrogen) atoms. The number of hydrogen-bond acceptors (Lipinski definition) is 2. The van der Waals surface area contributed by atoms with Crippen molar-refractivity contribution in [3.05, 3.63) is 34.9 Å². The number of piperidine rings is 1. The van der Waals surface area contributed by atoms with E-state index in [-0.39, 0.29) is 5.54 Å². The summed E-state index contributed by atoms with van der Waals surface area (Å²) in [5.41, 5.74) is 3.46. The number of likely N-dealkylation sites (tertiary alicyclic amines) is 1. The fourth-order valence-electron chi connectivity index (χ4n) is 3.29. The summed E-state index contributed by atoms with van der Waals surface area (Å²) in [7, 11) is 0. The molecule has 0 aromatic heterocycles. The fraction of sp³-hybridized carbons (Fsp3) is 0.667. The summed E-state index contributed by atoms with van der Waals surface area (Å²) in [5.74, 6) is 0. The zero-order valence-electron chi connectivity index (χ0n) is 13.4. The van der Waals surface area contributed by atoms with Crippen molar-refractivity contribution in [1.29, 1.82) is 0 Å². The summed E-state index contributed by atoms with van der Waals surface area (Å²) < 4.78 is 0. The van der Waals surface area contributed by atoms with Crippen molar-refractivity contribution in [2.24, 2.45) is 0 Å². The van der Waals surface area contributed by atoms with Crippen molar-refractivity contribution in [1.82, 2.24) is 4.90 Å². The van der Waals surface area contributed by atoms with Gasteiger partial charge in [-0.2, -0.15) is 0 Å². The number of aliphatic hydroxyl groups is 1. The Morgan fingerprint density at radius 3 is 2.35 bits per heavy atom. The van der Waals surface area contributed by atoms with E-state index in [9.17, 15) is 5.11 Å². The summed E-state index contributed by atoms with van der Waals surface area (Å²) in [6.45, 7) is 10.9. The van der Waals surface area contributed by atoms with E-state index in [4.69, 9.17) is 0 Å². The lowest BCUT2D eigenvalue weighted by Crippen LogP contribution is -2.52. The van der Waals surface area contributed by atoms with E-state index in [0.29, 0.717) is 0 Å². The molecule has 0 amide bonds. The third-order valence-electron chi connectivity index (χ3n) is 5.23. The highest BCUT2D eigenvalue weighted by molar-refractivity contribution is 5.32. The average Bonchev–Trinajstić information content (AvgIpc) is 2.49. The number of aryl methyl sites for hydroxylation is 2. The predicted molar refractivity (Wildman–Crippen MR) is 85.0 cm³/mol. The van der Waals surface area contributed by atoms with E-state index >= 15 is 0 Å². The molecule has 2 atom stereocenters. The van der Waals surface area contributed by atoms with Crippen LogP contribution in [0.5, 0.6) is 0 Å². The molecule has 1 fully saturated rings. The maximum Gasteiger partial charge on any atom is 0.0970 e. The molecule has 1 aliphatic heterocycles. The minimum atomic E-state index is -0.412. The molecule has 1 N–H and O–H groups in total. The van der Waals surface area contributed by atoms with Crippen molar-refractivity contribution in [3.63, 3.8) is 0 Å². The first-order valence-electron chi connectivity index (χ1n) is 7.99. The molecule has 112 valence electrons. The van der Waals surface area contributed by atoms with Gasteiger partial charge in [0.15, 0.2) is 0 Å². The molecule has 2 rings (SSSR count). The van der Waals surface area contributed by atoms with Crippen LogP contribution in [0.15, 0.2) is 18.2 Å². The second-order valence-electron chi connectivity index (χ2n) is 6.50. The molecule has 1 saturated heterocycles. The second-order valence-corrected chi connectivity index (χ2v) is 6.50. The van der Waals surface area contributed by atoms with Crippen molar-refractivity contribution in [3.8, 4) is 0 Å². The number of nitrogens with zero attached hydrogens (tertiary/aromatic N) is 1. The molecule has 0 spiro atoms. The summed E-state index contributed by atoms with van der Waals surface area (Å²) in [5, 5.41) is 11.0. The Bertz CT molecular complexity index is 451. The molecule has 0 aliphatic carbocycles. The maximum absolute atomic E-state index is 11.0. The largest absolute Gasteiger partial charge is 0.386 e. The highest BCUT2D eigenvalue weighted by Gasteiger charge is 2.38. The van der Waals surface area contributed by atoms with Crippen LogP contribution in [0, 0.1) is 13.8 Å². The highest BCUT2D eigenvalue weighted by Crippen LogP contribution is 2.36. The first-order valence-corrected chi connectivity index (χ1v) is 7.99. The van der Waals surface area contributed by atoms with Crippen molar-refractivity contribution in [2.75, 3.05) is 13.1 Å². The summed E-state index contributed by atoms with van der Waals surface area (Å²) in [4.78, 5) is 2.50. The van der Waals surface area contributed by atoms with Gasteiger partial charge in [0.05, 0.1) is 6.10 Å². The monoisotopic (exact) mass is 275 g/mol. The van der Waals surface area contributed by atoms with E-state index in [0.717, 1.165) is 25.1 Å². The fourth-order valence-corrected chi connectivity index (χ4v) is 3.29. The van der Waals surface area contributed by atoms with Gasteiger partial charge in [0.25, 0.3) is 0 Å². The van der Waals surface area contributed by atoms with E-state index in [1.165, 1.54) is 30.4 Å². The van der Waals surface area contributed by atoms with Crippen molar-refractivity contribution >= 4 is 0 Å². The molecule has 2 heteroatoms. The smallest absolute Gasteiger partial charge is 0.0970 e. The molecule has 1 aliphatic rings. The van der Waals surface area contributed by atoms with E-state index in [2.05, 4.69) is 50.8 Å². The molecule has 1 heterocycles. The number of benzene rings is 1. The minimum Gasteiger partial charge on any atom is -0.386 e. The Kier molecular flexibility index (Phi) is 4.87. The first-order chi connectivity index (χ1) is 9.49. The summed E-state index contributed by atoms with van der Waals surface area (Å²) >= 11 is 0. The van der Waals surface area contributed by atoms with Crippen LogP contribution in [0.25, 0.3) is 0 Å². The zero-order chi connectivity index (χ0) is 14.8. The molecule has 0 bridgehead atoms. The van der Waals surface area contributed by atoms with Gasteiger partial charge < -0.3 is 5.11 Å². The molecule has 2 unspecified atom stereocenters. The van der Waals surface area contributed by atoms with Crippen LogP contribution < -0.4 is 0 Å². The number of hydrogen-bond donors (Lipinski definition) is 1. The van der Waals surface area contributed by atoms with E-state index < -0.39 is 6.10 Å². The summed E-state index contributed by atoms with van der Waals surface area (Å²) in [6, 6.07) is 6.36. The Morgan fingerprint density at radius 2 is 1.80 bits per heavy atom. The van der Waals surface area contributed by atoms with Crippen LogP contribution in [-0.2, 0) is 0 Å². The molecule has 1 aromatic carbocycles. The molecule has 1 aromatic rings. The Morgan fingerprint density at radius 1 is 1.15 bits per heavy atom. The van der Waals surface area contributed by atoms with Crippen LogP contribution >= 0.6 is 0 Å². The van der Waals surface area contributed by atoms with Gasteiger partial charge in [-0.05, 0) is 69.8 Å². The first kappa shape index (κ1) is 15.5. The number of aliphatic hydroxyl groups excluding tert-OH is 1. The standard InChI is InChI=1S/C18H29NO/c1-5-18(4,19-11-7-6-8-12-19)17(20)16-10-9-14(2)15(3)13-16/h9-10,13,17,20H,5-8,11-12H2,1-4H3. The van der Waals surface area contributed by atoms with Crippen LogP contribution in [0.2, 0.25) is 0 Å². The van der Waals surface area contributed by atoms with Gasteiger partial charge in [-0.3, -0.25) is 4.90 Å². The van der Waals surface area contributed by atoms with Gasteiger partial charge in [0, 0.05) is 5.54 Å². The van der Waals surface area contributed by atoms with E-state index in [1.807, 2.05) is 0 Å². The molecule has 0 saturated carbocycles. The quantitative estimate of drug-likeness (QED) is 0.898. The third kappa shape index (κ3) is 2.91. The maximum atomic E-state index is 11.0. The lowest BCUT2D eigenvalue weighted by atomic mass is 9.83. The average molecular weight is 275 g/mol. The molecular formula is C18H29NO. The molecule has 0 radical (unpaired) electrons. The Balaban J connectivity index is 2.26. The lowest BCUT2D eigenvalue weighted by molar-refractivity contribution is -0.0352. The molecule has 2 nitrogen and oxygen atoms in total. The third-order valence-corrected chi connectivity index (χ3v) is 5.23. The normalized spacial score (nSPS) is 21.4. The van der Waals surface area contributed by atoms with Gasteiger partial charge in [-0.1, -0.05) is 31.5 Å². The van der Waals surface area contributed by atoms with Gasteiger partial charge in [-0.25, -0.2) is 0 Å². The van der Waals surface area contributed by atoms with Gasteiger partial charge in [-0.15, -0.1) is 0 Å². The van der Waals surface area contributed by atoms with Gasteiger partial charge in [0.1, 0.15) is 0 Å². The predicted octanol–water partition coefficient (Wildman–Crippen LogP) is 3.99. The zero-order valence-corrected chi connectivity index (χ0v) is 13.4. The molecular weight excluding hydrogens is 246 g/mol. The second kappa shape index (κ2) is 6.28.